The van der Waals surface area contributed by atoms with Gasteiger partial charge in [0.1, 0.15) is 0 Å². The van der Waals surface area contributed by atoms with Gasteiger partial charge in [0.2, 0.25) is 0 Å². The Hall–Kier alpha value is 3.27. The molecule has 0 spiro atoms. The Bertz CT molecular complexity index is 36.1. The average molecular weight is 288 g/mol. The van der Waals surface area contributed by atoms with Crippen molar-refractivity contribution < 1.29 is 48.8 Å². The second kappa shape index (κ2) is 23.2. The molecule has 11 heteroatoms. The molecular formula is CaMgO6P2Zn. The minimum atomic E-state index is -3.37. The Kier molecular flexibility index (Phi) is 61.8. The Morgan fingerprint density at radius 2 is 0.636 bits per heavy atom. The Morgan fingerprint density at radius 1 is 0.636 bits per heavy atom. The molecule has 0 unspecified atom stereocenters. The van der Waals surface area contributed by atoms with E-state index in [2.05, 4.69) is 0 Å². The van der Waals surface area contributed by atoms with Gasteiger partial charge in [-0.2, -0.15) is 0 Å². The molecule has 0 rings (SSSR count). The van der Waals surface area contributed by atoms with Crippen molar-refractivity contribution in [2.45, 2.75) is 0 Å². The molecule has 0 radical (unpaired) electrons. The molecule has 0 aromatic heterocycles. The molecule has 0 aromatic rings. The molecular weight excluding hydrogens is 288 g/mol. The van der Waals surface area contributed by atoms with Crippen LogP contribution in [0, 0.1) is 0 Å². The van der Waals surface area contributed by atoms with E-state index in [0.717, 1.165) is 0 Å². The molecule has 52 valence electrons. The molecule has 0 aliphatic rings. The number of hydrogen-bond donors (Lipinski definition) is 0. The first-order valence-electron chi connectivity index (χ1n) is 1.10. The first-order valence-corrected chi connectivity index (χ1v) is 3.29. The smallest absolute Gasteiger partial charge is 0.854 e. The minimum absolute atomic E-state index is 0. The maximum atomic E-state index is 8.48. The molecule has 0 amide bonds. The second-order valence-electron chi connectivity index (χ2n) is 0.447. The fourth-order valence-corrected chi connectivity index (χ4v) is 0. The third kappa shape index (κ3) is 158. The average Bonchev–Trinajstić information content (AvgIpc) is 1.25. The molecule has 0 atom stereocenters. The van der Waals surface area contributed by atoms with Gasteiger partial charge in [-0.15, -0.1) is 0 Å². The summed E-state index contributed by atoms with van der Waals surface area (Å²) in [5, 5.41) is 0. The molecule has 0 bridgehead atoms. The van der Waals surface area contributed by atoms with E-state index in [9.17, 15) is 0 Å². The van der Waals surface area contributed by atoms with Crippen molar-refractivity contribution >= 4 is 78.0 Å². The molecule has 0 saturated carbocycles. The summed E-state index contributed by atoms with van der Waals surface area (Å²) < 4.78 is 0. The first kappa shape index (κ1) is 29.2. The molecule has 11 heavy (non-hydrogen) atoms. The molecule has 0 fully saturated rings. The summed E-state index contributed by atoms with van der Waals surface area (Å²) in [5.41, 5.74) is 0. The predicted molar refractivity (Wildman–Crippen MR) is 25.3 cm³/mol. The van der Waals surface area contributed by atoms with Crippen LogP contribution in [0.3, 0.4) is 0 Å². The molecule has 0 aromatic carbocycles. The van der Waals surface area contributed by atoms with Crippen molar-refractivity contribution in [1.82, 2.24) is 0 Å². The normalized spacial score (nSPS) is 6.55. The van der Waals surface area contributed by atoms with E-state index in [1.165, 1.54) is 0 Å². The molecule has 0 N–H and O–H groups in total. The maximum absolute atomic E-state index is 8.48. The fourth-order valence-electron chi connectivity index (χ4n) is 0. The Balaban J connectivity index is -0.0000000171. The van der Waals surface area contributed by atoms with Gasteiger partial charge in [0, 0.05) is 0 Å². The van der Waals surface area contributed by atoms with Gasteiger partial charge < -0.3 is 46.6 Å². The van der Waals surface area contributed by atoms with Gasteiger partial charge in [-0.3, -0.25) is 0 Å². The van der Waals surface area contributed by atoms with Gasteiger partial charge in [-0.05, 0) is 0 Å². The van der Waals surface area contributed by atoms with Crippen molar-refractivity contribution in [3.05, 3.63) is 0 Å². The van der Waals surface area contributed by atoms with Crippen molar-refractivity contribution in [3.8, 4) is 0 Å². The van der Waals surface area contributed by atoms with Crippen LogP contribution in [0.4, 0.5) is 0 Å². The summed E-state index contributed by atoms with van der Waals surface area (Å²) in [6.07, 6.45) is 0. The van der Waals surface area contributed by atoms with Crippen LogP contribution in [-0.2, 0) is 19.5 Å². The van der Waals surface area contributed by atoms with Gasteiger partial charge in [0.25, 0.3) is 0 Å². The molecule has 0 aliphatic heterocycles. The van der Waals surface area contributed by atoms with Crippen LogP contribution in [0.1, 0.15) is 0 Å². The van der Waals surface area contributed by atoms with Crippen LogP contribution >= 0.6 is 17.2 Å². The standard InChI is InChI=1S/Ca.Mg.2O3P.Zn/c;;2*1-4(2)3;/q2*+2;2*-3;+2. The Labute approximate surface area is 125 Å². The van der Waals surface area contributed by atoms with E-state index < -0.39 is 17.2 Å². The third-order valence-electron chi connectivity index (χ3n) is 0. The van der Waals surface area contributed by atoms with Gasteiger partial charge in [0.15, 0.2) is 0 Å². The summed E-state index contributed by atoms with van der Waals surface area (Å²) in [6, 6.07) is 0. The SMILES string of the molecule is [Ca+2].[Mg+2].[O-]P([O-])[O-].[O-]P([O-])[O-].[Zn+2]. The number of hydrogen-bond acceptors (Lipinski definition) is 6. The minimum Gasteiger partial charge on any atom is -0.854 e. The van der Waals surface area contributed by atoms with Gasteiger partial charge >= 0.3 is 80.3 Å². The van der Waals surface area contributed by atoms with E-state index in [-0.39, 0.29) is 80.3 Å². The monoisotopic (exact) mass is 286 g/mol. The molecule has 6 nitrogen and oxygen atoms in total. The quantitative estimate of drug-likeness (QED) is 0.321. The van der Waals surface area contributed by atoms with Crippen LogP contribution in [-0.4, -0.2) is 60.8 Å². The zero-order valence-electron chi connectivity index (χ0n) is 5.47. The molecule has 0 saturated heterocycles. The van der Waals surface area contributed by atoms with E-state index in [1.807, 2.05) is 0 Å². The Morgan fingerprint density at radius 3 is 0.636 bits per heavy atom. The first-order chi connectivity index (χ1) is 3.46. The summed E-state index contributed by atoms with van der Waals surface area (Å²) >= 11 is 0. The summed E-state index contributed by atoms with van der Waals surface area (Å²) in [7, 11) is -6.74. The zero-order valence-corrected chi connectivity index (χ0v) is 13.8. The number of rotatable bonds is 0. The van der Waals surface area contributed by atoms with Crippen LogP contribution in [0.15, 0.2) is 0 Å². The van der Waals surface area contributed by atoms with Gasteiger partial charge in [0.05, 0.1) is 0 Å². The van der Waals surface area contributed by atoms with Crippen molar-refractivity contribution in [3.63, 3.8) is 0 Å². The van der Waals surface area contributed by atoms with E-state index in [1.54, 1.807) is 0 Å². The molecule has 0 heterocycles. The summed E-state index contributed by atoms with van der Waals surface area (Å²) in [5.74, 6) is 0. The van der Waals surface area contributed by atoms with Crippen molar-refractivity contribution in [2.24, 2.45) is 0 Å². The maximum Gasteiger partial charge on any atom is 2.00 e. The van der Waals surface area contributed by atoms with Crippen LogP contribution in [0.2, 0.25) is 0 Å². The largest absolute Gasteiger partial charge is 2.00 e. The summed E-state index contributed by atoms with van der Waals surface area (Å²) in [4.78, 5) is 50.9. The predicted octanol–water partition coefficient (Wildman–Crippen LogP) is -6.18. The van der Waals surface area contributed by atoms with Crippen LogP contribution in [0.5, 0.6) is 0 Å². The second-order valence-corrected chi connectivity index (χ2v) is 1.34. The van der Waals surface area contributed by atoms with E-state index >= 15 is 0 Å². The third-order valence-corrected chi connectivity index (χ3v) is 0. The summed E-state index contributed by atoms with van der Waals surface area (Å²) in [6.45, 7) is 0. The fraction of sp³-hybridized carbons (Fsp3) is 0. The van der Waals surface area contributed by atoms with Crippen LogP contribution in [0.25, 0.3) is 0 Å². The zero-order chi connectivity index (χ0) is 7.15. The van der Waals surface area contributed by atoms with E-state index in [4.69, 9.17) is 29.4 Å². The van der Waals surface area contributed by atoms with Gasteiger partial charge in [-0.1, -0.05) is 0 Å². The molecule has 0 aliphatic carbocycles. The topological polar surface area (TPSA) is 138 Å². The van der Waals surface area contributed by atoms with Gasteiger partial charge in [-0.25, -0.2) is 0 Å². The van der Waals surface area contributed by atoms with Crippen LogP contribution < -0.4 is 29.4 Å². The van der Waals surface area contributed by atoms with Crippen molar-refractivity contribution in [2.75, 3.05) is 0 Å². The van der Waals surface area contributed by atoms with E-state index in [0.29, 0.717) is 0 Å². The van der Waals surface area contributed by atoms with Crippen molar-refractivity contribution in [1.29, 1.82) is 0 Å².